The highest BCUT2D eigenvalue weighted by atomic mass is 16.5. The molecule has 8 nitrogen and oxygen atoms in total. The van der Waals surface area contributed by atoms with Gasteiger partial charge >= 0.3 is 0 Å². The number of amides is 2. The zero-order valence-corrected chi connectivity index (χ0v) is 17.5. The Balaban J connectivity index is 1.53. The Hall–Kier alpha value is -3.81. The van der Waals surface area contributed by atoms with Crippen molar-refractivity contribution in [1.82, 2.24) is 5.16 Å². The average Bonchev–Trinajstić information content (AvgIpc) is 3.08. The minimum absolute atomic E-state index is 0.129. The number of aryl methyl sites for hydroxylation is 2. The molecule has 0 saturated heterocycles. The molecular formula is C23H23N3O5. The van der Waals surface area contributed by atoms with Crippen molar-refractivity contribution in [2.45, 2.75) is 33.4 Å². The molecule has 160 valence electrons. The van der Waals surface area contributed by atoms with Crippen molar-refractivity contribution < 1.29 is 23.6 Å². The van der Waals surface area contributed by atoms with Crippen LogP contribution in [0.15, 0.2) is 53.1 Å². The molecule has 1 aliphatic heterocycles. The monoisotopic (exact) mass is 421 g/mol. The Labute approximate surface area is 179 Å². The Kier molecular flexibility index (Phi) is 5.62. The quantitative estimate of drug-likeness (QED) is 0.653. The summed E-state index contributed by atoms with van der Waals surface area (Å²) < 4.78 is 16.5. The Bertz CT molecular complexity index is 1090. The molecule has 1 N–H and O–H groups in total. The summed E-state index contributed by atoms with van der Waals surface area (Å²) in [4.78, 5) is 26.8. The van der Waals surface area contributed by atoms with Crippen LogP contribution in [0.2, 0.25) is 0 Å². The van der Waals surface area contributed by atoms with E-state index in [-0.39, 0.29) is 18.4 Å². The number of para-hydroxylation sites is 1. The van der Waals surface area contributed by atoms with Crippen LogP contribution in [0.25, 0.3) is 0 Å². The largest absolute Gasteiger partial charge is 0.484 e. The van der Waals surface area contributed by atoms with E-state index in [9.17, 15) is 9.59 Å². The molecule has 1 aliphatic rings. The van der Waals surface area contributed by atoms with Crippen molar-refractivity contribution in [3.63, 3.8) is 0 Å². The number of carbonyl (C=O) groups is 2. The number of hydrogen-bond donors (Lipinski definition) is 1. The molecule has 8 heteroatoms. The van der Waals surface area contributed by atoms with Crippen molar-refractivity contribution in [2.75, 3.05) is 16.8 Å². The molecule has 1 atom stereocenters. The van der Waals surface area contributed by atoms with Gasteiger partial charge in [0.1, 0.15) is 17.3 Å². The summed E-state index contributed by atoms with van der Waals surface area (Å²) in [7, 11) is 0. The first-order valence-corrected chi connectivity index (χ1v) is 9.94. The molecule has 4 rings (SSSR count). The first-order chi connectivity index (χ1) is 14.9. The van der Waals surface area contributed by atoms with Crippen LogP contribution in [-0.2, 0) is 16.1 Å². The SMILES string of the molecule is Cc1noc(C)c1CN1C(=O)C(C)Oc2ccc(NC(=O)COc3ccccc3)cc21. The predicted molar refractivity (Wildman–Crippen MR) is 114 cm³/mol. The van der Waals surface area contributed by atoms with Gasteiger partial charge in [0.2, 0.25) is 0 Å². The molecule has 0 radical (unpaired) electrons. The van der Waals surface area contributed by atoms with Gasteiger partial charge in [0, 0.05) is 11.3 Å². The molecule has 0 bridgehead atoms. The molecule has 3 aromatic rings. The summed E-state index contributed by atoms with van der Waals surface area (Å²) in [5, 5.41) is 6.77. The van der Waals surface area contributed by atoms with Gasteiger partial charge in [-0.1, -0.05) is 23.4 Å². The standard InChI is InChI=1S/C23H23N3O5/c1-14-19(15(2)31-25-14)12-26-20-11-17(9-10-21(20)30-16(3)23(26)28)24-22(27)13-29-18-7-5-4-6-8-18/h4-11,16H,12-13H2,1-3H3,(H,24,27). The lowest BCUT2D eigenvalue weighted by Gasteiger charge is -2.33. The van der Waals surface area contributed by atoms with Crippen LogP contribution in [0, 0.1) is 13.8 Å². The first-order valence-electron chi connectivity index (χ1n) is 9.94. The minimum Gasteiger partial charge on any atom is -0.484 e. The predicted octanol–water partition coefficient (Wildman–Crippen LogP) is 3.62. The van der Waals surface area contributed by atoms with E-state index in [1.165, 1.54) is 0 Å². The Morgan fingerprint density at radius 1 is 1.19 bits per heavy atom. The molecule has 0 saturated carbocycles. The van der Waals surface area contributed by atoms with Crippen LogP contribution >= 0.6 is 0 Å². The maximum atomic E-state index is 12.9. The fourth-order valence-electron chi connectivity index (χ4n) is 3.40. The summed E-state index contributed by atoms with van der Waals surface area (Å²) in [5.74, 6) is 1.36. The molecule has 0 aliphatic carbocycles. The number of nitrogens with one attached hydrogen (secondary N) is 1. The zero-order valence-electron chi connectivity index (χ0n) is 17.5. The van der Waals surface area contributed by atoms with E-state index in [2.05, 4.69) is 10.5 Å². The zero-order chi connectivity index (χ0) is 22.0. The fourth-order valence-corrected chi connectivity index (χ4v) is 3.40. The molecular weight excluding hydrogens is 398 g/mol. The van der Waals surface area contributed by atoms with Crippen molar-refractivity contribution in [3.8, 4) is 11.5 Å². The maximum Gasteiger partial charge on any atom is 0.268 e. The Morgan fingerprint density at radius 3 is 2.68 bits per heavy atom. The number of rotatable bonds is 6. The van der Waals surface area contributed by atoms with E-state index < -0.39 is 6.10 Å². The molecule has 0 spiro atoms. The topological polar surface area (TPSA) is 93.9 Å². The highest BCUT2D eigenvalue weighted by Gasteiger charge is 2.33. The van der Waals surface area contributed by atoms with Crippen LogP contribution in [-0.4, -0.2) is 29.7 Å². The highest BCUT2D eigenvalue weighted by Crippen LogP contribution is 2.37. The van der Waals surface area contributed by atoms with E-state index in [0.29, 0.717) is 35.2 Å². The maximum absolute atomic E-state index is 12.9. The third-order valence-corrected chi connectivity index (χ3v) is 5.06. The van der Waals surface area contributed by atoms with E-state index in [1.54, 1.807) is 42.2 Å². The molecule has 0 fully saturated rings. The van der Waals surface area contributed by atoms with E-state index in [4.69, 9.17) is 14.0 Å². The van der Waals surface area contributed by atoms with Crippen LogP contribution < -0.4 is 19.7 Å². The second-order valence-electron chi connectivity index (χ2n) is 7.32. The van der Waals surface area contributed by atoms with Crippen LogP contribution in [0.3, 0.4) is 0 Å². The van der Waals surface area contributed by atoms with E-state index >= 15 is 0 Å². The van der Waals surface area contributed by atoms with Crippen LogP contribution in [0.5, 0.6) is 11.5 Å². The summed E-state index contributed by atoms with van der Waals surface area (Å²) in [6.45, 7) is 5.53. The van der Waals surface area contributed by atoms with Crippen molar-refractivity contribution in [2.24, 2.45) is 0 Å². The van der Waals surface area contributed by atoms with E-state index in [1.807, 2.05) is 32.0 Å². The number of benzene rings is 2. The summed E-state index contributed by atoms with van der Waals surface area (Å²) in [5.41, 5.74) is 2.69. The van der Waals surface area contributed by atoms with Gasteiger partial charge in [0.05, 0.1) is 17.9 Å². The summed E-state index contributed by atoms with van der Waals surface area (Å²) >= 11 is 0. The number of carbonyl (C=O) groups excluding carboxylic acids is 2. The second kappa shape index (κ2) is 8.51. The number of anilines is 2. The lowest BCUT2D eigenvalue weighted by atomic mass is 10.1. The molecule has 31 heavy (non-hydrogen) atoms. The third-order valence-electron chi connectivity index (χ3n) is 5.06. The lowest BCUT2D eigenvalue weighted by molar-refractivity contribution is -0.125. The van der Waals surface area contributed by atoms with Gasteiger partial charge in [-0.3, -0.25) is 9.59 Å². The van der Waals surface area contributed by atoms with Gasteiger partial charge < -0.3 is 24.2 Å². The van der Waals surface area contributed by atoms with E-state index in [0.717, 1.165) is 11.3 Å². The van der Waals surface area contributed by atoms with Crippen LogP contribution in [0.1, 0.15) is 23.9 Å². The molecule has 1 unspecified atom stereocenters. The number of nitrogens with zero attached hydrogens (tertiary/aromatic N) is 2. The molecule has 2 aromatic carbocycles. The number of ether oxygens (including phenoxy) is 2. The number of fused-ring (bicyclic) bond motifs is 1. The minimum atomic E-state index is -0.618. The number of hydrogen-bond acceptors (Lipinski definition) is 6. The highest BCUT2D eigenvalue weighted by molar-refractivity contribution is 6.01. The van der Waals surface area contributed by atoms with Crippen LogP contribution in [0.4, 0.5) is 11.4 Å². The van der Waals surface area contributed by atoms with Gasteiger partial charge in [0.25, 0.3) is 11.8 Å². The summed E-state index contributed by atoms with van der Waals surface area (Å²) in [6, 6.07) is 14.3. The van der Waals surface area contributed by atoms with Gasteiger partial charge in [-0.15, -0.1) is 0 Å². The molecule has 2 heterocycles. The smallest absolute Gasteiger partial charge is 0.268 e. The van der Waals surface area contributed by atoms with Crippen molar-refractivity contribution in [3.05, 3.63) is 65.5 Å². The average molecular weight is 421 g/mol. The second-order valence-corrected chi connectivity index (χ2v) is 7.32. The fraction of sp³-hybridized carbons (Fsp3) is 0.261. The third kappa shape index (κ3) is 4.37. The van der Waals surface area contributed by atoms with Gasteiger partial charge in [0.15, 0.2) is 12.7 Å². The first kappa shape index (κ1) is 20.5. The van der Waals surface area contributed by atoms with Crippen molar-refractivity contribution >= 4 is 23.2 Å². The van der Waals surface area contributed by atoms with Gasteiger partial charge in [-0.05, 0) is 51.1 Å². The summed E-state index contributed by atoms with van der Waals surface area (Å²) in [6.07, 6.45) is -0.618. The molecule has 1 aromatic heterocycles. The van der Waals surface area contributed by atoms with Gasteiger partial charge in [-0.2, -0.15) is 0 Å². The normalized spacial score (nSPS) is 15.3. The lowest BCUT2D eigenvalue weighted by Crippen LogP contribution is -2.44. The van der Waals surface area contributed by atoms with Crippen molar-refractivity contribution in [1.29, 1.82) is 0 Å². The number of aromatic nitrogens is 1. The Morgan fingerprint density at radius 2 is 1.97 bits per heavy atom. The van der Waals surface area contributed by atoms with Gasteiger partial charge in [-0.25, -0.2) is 0 Å². The molecule has 2 amide bonds.